The first-order chi connectivity index (χ1) is 13.8. The van der Waals surface area contributed by atoms with E-state index in [1.165, 1.54) is 10.4 Å². The molecule has 1 unspecified atom stereocenters. The Hall–Kier alpha value is -2.10. The highest BCUT2D eigenvalue weighted by Crippen LogP contribution is 2.27. The van der Waals surface area contributed by atoms with Gasteiger partial charge in [-0.05, 0) is 25.5 Å². The average Bonchev–Trinajstić information content (AvgIpc) is 2.69. The SMILES string of the molecule is CS(=O)(=O)N1CCc2nc(C3CCCN(Cc4ccccc4F)C3)[nH]c(=O)c2C1. The molecule has 156 valence electrons. The second-order valence-electron chi connectivity index (χ2n) is 7.89. The molecule has 1 atom stereocenters. The van der Waals surface area contributed by atoms with Gasteiger partial charge >= 0.3 is 0 Å². The highest BCUT2D eigenvalue weighted by atomic mass is 32.2. The van der Waals surface area contributed by atoms with Crippen LogP contribution in [0.15, 0.2) is 29.1 Å². The summed E-state index contributed by atoms with van der Waals surface area (Å²) in [6.07, 6.45) is 3.44. The zero-order valence-corrected chi connectivity index (χ0v) is 17.2. The van der Waals surface area contributed by atoms with Gasteiger partial charge in [0, 0.05) is 44.1 Å². The summed E-state index contributed by atoms with van der Waals surface area (Å²) in [6, 6.07) is 6.79. The maximum atomic E-state index is 14.0. The molecule has 1 N–H and O–H groups in total. The number of hydrogen-bond acceptors (Lipinski definition) is 5. The van der Waals surface area contributed by atoms with E-state index in [2.05, 4.69) is 9.88 Å². The minimum Gasteiger partial charge on any atom is -0.310 e. The number of H-pyrrole nitrogens is 1. The predicted molar refractivity (Wildman–Crippen MR) is 107 cm³/mol. The zero-order valence-electron chi connectivity index (χ0n) is 16.4. The van der Waals surface area contributed by atoms with Crippen LogP contribution < -0.4 is 5.56 Å². The molecule has 3 heterocycles. The molecule has 2 aliphatic heterocycles. The van der Waals surface area contributed by atoms with Crippen LogP contribution in [0.25, 0.3) is 0 Å². The first kappa shape index (κ1) is 20.2. The number of piperidine rings is 1. The quantitative estimate of drug-likeness (QED) is 0.812. The molecule has 0 bridgehead atoms. The van der Waals surface area contributed by atoms with Crippen molar-refractivity contribution in [2.75, 3.05) is 25.9 Å². The molecular formula is C20H25FN4O3S. The van der Waals surface area contributed by atoms with E-state index in [9.17, 15) is 17.6 Å². The number of hydrogen-bond donors (Lipinski definition) is 1. The van der Waals surface area contributed by atoms with E-state index >= 15 is 0 Å². The first-order valence-electron chi connectivity index (χ1n) is 9.84. The van der Waals surface area contributed by atoms with Crippen molar-refractivity contribution in [1.29, 1.82) is 0 Å². The van der Waals surface area contributed by atoms with Crippen molar-refractivity contribution in [2.45, 2.75) is 38.3 Å². The summed E-state index contributed by atoms with van der Waals surface area (Å²) in [6.45, 7) is 2.52. The molecular weight excluding hydrogens is 395 g/mol. The third-order valence-electron chi connectivity index (χ3n) is 5.76. The lowest BCUT2D eigenvalue weighted by Gasteiger charge is -2.33. The highest BCUT2D eigenvalue weighted by molar-refractivity contribution is 7.88. The molecule has 2 aromatic rings. The summed E-state index contributed by atoms with van der Waals surface area (Å²) in [5.41, 5.74) is 1.53. The molecule has 4 rings (SSSR count). The van der Waals surface area contributed by atoms with Gasteiger partial charge in [-0.1, -0.05) is 18.2 Å². The number of aromatic nitrogens is 2. The second kappa shape index (κ2) is 7.97. The van der Waals surface area contributed by atoms with E-state index in [4.69, 9.17) is 4.98 Å². The van der Waals surface area contributed by atoms with Crippen molar-refractivity contribution in [3.05, 3.63) is 63.1 Å². The van der Waals surface area contributed by atoms with Crippen molar-refractivity contribution < 1.29 is 12.8 Å². The van der Waals surface area contributed by atoms with Crippen molar-refractivity contribution in [3.63, 3.8) is 0 Å². The van der Waals surface area contributed by atoms with E-state index in [-0.39, 0.29) is 23.8 Å². The number of aromatic amines is 1. The maximum Gasteiger partial charge on any atom is 0.255 e. The van der Waals surface area contributed by atoms with Crippen LogP contribution in [0.1, 0.15) is 41.4 Å². The van der Waals surface area contributed by atoms with E-state index in [1.54, 1.807) is 12.1 Å². The van der Waals surface area contributed by atoms with Gasteiger partial charge in [0.15, 0.2) is 0 Å². The summed E-state index contributed by atoms with van der Waals surface area (Å²) in [5.74, 6) is 0.520. The van der Waals surface area contributed by atoms with Gasteiger partial charge in [0.25, 0.3) is 5.56 Å². The number of nitrogens with zero attached hydrogens (tertiary/aromatic N) is 3. The van der Waals surface area contributed by atoms with Crippen LogP contribution in [0.3, 0.4) is 0 Å². The Balaban J connectivity index is 1.52. The molecule has 0 aliphatic carbocycles. The summed E-state index contributed by atoms with van der Waals surface area (Å²) in [5, 5.41) is 0. The van der Waals surface area contributed by atoms with Crippen molar-refractivity contribution in [1.82, 2.24) is 19.2 Å². The van der Waals surface area contributed by atoms with E-state index in [0.717, 1.165) is 25.6 Å². The van der Waals surface area contributed by atoms with Crippen molar-refractivity contribution >= 4 is 10.0 Å². The fourth-order valence-corrected chi connectivity index (χ4v) is 4.97. The van der Waals surface area contributed by atoms with Gasteiger partial charge in [0.05, 0.1) is 17.5 Å². The van der Waals surface area contributed by atoms with Gasteiger partial charge in [-0.15, -0.1) is 0 Å². The monoisotopic (exact) mass is 420 g/mol. The Labute approximate surface area is 169 Å². The van der Waals surface area contributed by atoms with E-state index in [0.29, 0.717) is 48.7 Å². The minimum atomic E-state index is -3.34. The predicted octanol–water partition coefficient (Wildman–Crippen LogP) is 1.61. The third kappa shape index (κ3) is 4.41. The van der Waals surface area contributed by atoms with Crippen LogP contribution in [0.5, 0.6) is 0 Å². The Kier molecular flexibility index (Phi) is 5.54. The summed E-state index contributed by atoms with van der Waals surface area (Å²) in [7, 11) is -3.34. The Morgan fingerprint density at radius 1 is 1.28 bits per heavy atom. The Morgan fingerprint density at radius 3 is 2.83 bits per heavy atom. The van der Waals surface area contributed by atoms with Gasteiger partial charge in [-0.3, -0.25) is 9.69 Å². The number of nitrogens with one attached hydrogen (secondary N) is 1. The number of benzene rings is 1. The number of sulfonamides is 1. The lowest BCUT2D eigenvalue weighted by Crippen LogP contribution is -2.40. The molecule has 1 fully saturated rings. The van der Waals surface area contributed by atoms with E-state index in [1.807, 2.05) is 6.07 Å². The Bertz CT molecular complexity index is 1070. The topological polar surface area (TPSA) is 86.4 Å². The molecule has 1 aromatic carbocycles. The van der Waals surface area contributed by atoms with Crippen LogP contribution in [0, 0.1) is 5.82 Å². The smallest absolute Gasteiger partial charge is 0.255 e. The molecule has 0 spiro atoms. The van der Waals surface area contributed by atoms with Gasteiger partial charge in [-0.2, -0.15) is 4.31 Å². The minimum absolute atomic E-state index is 0.0703. The fourth-order valence-electron chi connectivity index (χ4n) is 4.19. The molecule has 0 radical (unpaired) electrons. The summed E-state index contributed by atoms with van der Waals surface area (Å²) in [4.78, 5) is 22.4. The van der Waals surface area contributed by atoms with Crippen LogP contribution in [0.2, 0.25) is 0 Å². The van der Waals surface area contributed by atoms with Gasteiger partial charge in [0.1, 0.15) is 11.6 Å². The van der Waals surface area contributed by atoms with Crippen molar-refractivity contribution in [3.8, 4) is 0 Å². The molecule has 0 saturated carbocycles. The standard InChI is InChI=1S/C20H25FN4O3S/c1-29(27,28)25-10-8-18-16(13-25)20(26)23-19(22-18)15-6-4-9-24(12-15)11-14-5-2-3-7-17(14)21/h2-3,5,7,15H,4,6,8-13H2,1H3,(H,22,23,26). The second-order valence-corrected chi connectivity index (χ2v) is 9.87. The molecule has 29 heavy (non-hydrogen) atoms. The van der Waals surface area contributed by atoms with E-state index < -0.39 is 10.0 Å². The van der Waals surface area contributed by atoms with Crippen LogP contribution in [-0.4, -0.2) is 53.5 Å². The molecule has 7 nitrogen and oxygen atoms in total. The van der Waals surface area contributed by atoms with Crippen LogP contribution in [-0.2, 0) is 29.5 Å². The number of halogens is 1. The molecule has 2 aliphatic rings. The average molecular weight is 421 g/mol. The summed E-state index contributed by atoms with van der Waals surface area (Å²) < 4.78 is 38.9. The number of fused-ring (bicyclic) bond motifs is 1. The van der Waals surface area contributed by atoms with Gasteiger partial charge < -0.3 is 4.98 Å². The lowest BCUT2D eigenvalue weighted by molar-refractivity contribution is 0.194. The Morgan fingerprint density at radius 2 is 2.07 bits per heavy atom. The number of rotatable bonds is 4. The lowest BCUT2D eigenvalue weighted by atomic mass is 9.96. The maximum absolute atomic E-state index is 14.0. The molecule has 1 saturated heterocycles. The van der Waals surface area contributed by atoms with Gasteiger partial charge in [-0.25, -0.2) is 17.8 Å². The number of likely N-dealkylation sites (tertiary alicyclic amines) is 1. The van der Waals surface area contributed by atoms with Crippen molar-refractivity contribution in [2.24, 2.45) is 0 Å². The van der Waals surface area contributed by atoms with Crippen LogP contribution >= 0.6 is 0 Å². The summed E-state index contributed by atoms with van der Waals surface area (Å²) >= 11 is 0. The molecule has 1 aromatic heterocycles. The molecule has 9 heteroatoms. The third-order valence-corrected chi connectivity index (χ3v) is 7.01. The first-order valence-corrected chi connectivity index (χ1v) is 11.7. The van der Waals surface area contributed by atoms with Gasteiger partial charge in [0.2, 0.25) is 10.0 Å². The molecule has 0 amide bonds. The zero-order chi connectivity index (χ0) is 20.6. The fraction of sp³-hybridized carbons (Fsp3) is 0.500. The largest absolute Gasteiger partial charge is 0.310 e. The normalized spacial score (nSPS) is 21.1. The van der Waals surface area contributed by atoms with Crippen LogP contribution in [0.4, 0.5) is 4.39 Å². The highest BCUT2D eigenvalue weighted by Gasteiger charge is 2.29.